The summed E-state index contributed by atoms with van der Waals surface area (Å²) in [6.45, 7) is 2.64. The van der Waals surface area contributed by atoms with Crippen LogP contribution in [0.3, 0.4) is 0 Å². The predicted octanol–water partition coefficient (Wildman–Crippen LogP) is 0.424. The third-order valence-corrected chi connectivity index (χ3v) is 3.18. The van der Waals surface area contributed by atoms with Gasteiger partial charge in [0.1, 0.15) is 6.10 Å². The monoisotopic (exact) mass is 212 g/mol. The van der Waals surface area contributed by atoms with Crippen LogP contribution in [0, 0.1) is 0 Å². The van der Waals surface area contributed by atoms with Crippen molar-refractivity contribution in [1.82, 2.24) is 10.6 Å². The molecule has 4 heteroatoms. The lowest BCUT2D eigenvalue weighted by Gasteiger charge is -2.13. The predicted molar refractivity (Wildman–Crippen MR) is 57.6 cm³/mol. The SMILES string of the molecule is O=C(NCCC1CCCN1)[C@H]1CCCO1. The van der Waals surface area contributed by atoms with Gasteiger partial charge in [-0.15, -0.1) is 0 Å². The molecular formula is C11H20N2O2. The van der Waals surface area contributed by atoms with Crippen molar-refractivity contribution in [3.63, 3.8) is 0 Å². The summed E-state index contributed by atoms with van der Waals surface area (Å²) in [6, 6.07) is 0.606. The van der Waals surface area contributed by atoms with Gasteiger partial charge >= 0.3 is 0 Å². The maximum atomic E-state index is 11.6. The quantitative estimate of drug-likeness (QED) is 0.710. The van der Waals surface area contributed by atoms with Crippen LogP contribution in [0.5, 0.6) is 0 Å². The van der Waals surface area contributed by atoms with E-state index in [2.05, 4.69) is 10.6 Å². The Morgan fingerprint density at radius 3 is 3.00 bits per heavy atom. The van der Waals surface area contributed by atoms with Gasteiger partial charge in [-0.2, -0.15) is 0 Å². The molecule has 0 radical (unpaired) electrons. The molecule has 2 atom stereocenters. The van der Waals surface area contributed by atoms with Crippen molar-refractivity contribution in [2.24, 2.45) is 0 Å². The fraction of sp³-hybridized carbons (Fsp3) is 0.909. The first-order valence-corrected chi connectivity index (χ1v) is 5.99. The number of rotatable bonds is 4. The second kappa shape index (κ2) is 5.47. The van der Waals surface area contributed by atoms with Gasteiger partial charge in [0.2, 0.25) is 5.91 Å². The van der Waals surface area contributed by atoms with E-state index in [9.17, 15) is 4.79 Å². The van der Waals surface area contributed by atoms with E-state index in [4.69, 9.17) is 4.74 Å². The zero-order chi connectivity index (χ0) is 10.5. The molecule has 0 aromatic rings. The number of carbonyl (C=O) groups excluding carboxylic acids is 1. The fourth-order valence-electron chi connectivity index (χ4n) is 2.27. The number of nitrogens with one attached hydrogen (secondary N) is 2. The average molecular weight is 212 g/mol. The molecule has 86 valence electrons. The van der Waals surface area contributed by atoms with Gasteiger partial charge in [0, 0.05) is 19.2 Å². The lowest BCUT2D eigenvalue weighted by Crippen LogP contribution is -2.36. The molecule has 0 aromatic carbocycles. The van der Waals surface area contributed by atoms with Gasteiger partial charge in [0.15, 0.2) is 0 Å². The number of hydrogen-bond donors (Lipinski definition) is 2. The van der Waals surface area contributed by atoms with Crippen LogP contribution < -0.4 is 10.6 Å². The molecule has 2 heterocycles. The van der Waals surface area contributed by atoms with Gasteiger partial charge in [0.05, 0.1) is 0 Å². The van der Waals surface area contributed by atoms with Gasteiger partial charge in [-0.1, -0.05) is 0 Å². The lowest BCUT2D eigenvalue weighted by molar-refractivity contribution is -0.130. The minimum atomic E-state index is -0.179. The fourth-order valence-corrected chi connectivity index (χ4v) is 2.27. The van der Waals surface area contributed by atoms with Gasteiger partial charge in [-0.3, -0.25) is 4.79 Å². The molecule has 0 aromatic heterocycles. The number of ether oxygens (including phenoxy) is 1. The van der Waals surface area contributed by atoms with Gasteiger partial charge in [0.25, 0.3) is 0 Å². The third-order valence-electron chi connectivity index (χ3n) is 3.18. The van der Waals surface area contributed by atoms with Gasteiger partial charge < -0.3 is 15.4 Å². The summed E-state index contributed by atoms with van der Waals surface area (Å²) in [5, 5.41) is 6.36. The van der Waals surface area contributed by atoms with E-state index < -0.39 is 0 Å². The van der Waals surface area contributed by atoms with Crippen LogP contribution in [0.25, 0.3) is 0 Å². The van der Waals surface area contributed by atoms with E-state index in [-0.39, 0.29) is 12.0 Å². The van der Waals surface area contributed by atoms with Crippen LogP contribution in [0.2, 0.25) is 0 Å². The first-order valence-electron chi connectivity index (χ1n) is 5.99. The summed E-state index contributed by atoms with van der Waals surface area (Å²) in [6.07, 6.45) is 5.27. The molecule has 2 rings (SSSR count). The molecular weight excluding hydrogens is 192 g/mol. The second-order valence-electron chi connectivity index (χ2n) is 4.37. The molecule has 1 amide bonds. The summed E-state index contributed by atoms with van der Waals surface area (Å²) in [5.41, 5.74) is 0. The first-order chi connectivity index (χ1) is 7.36. The molecule has 0 saturated carbocycles. The molecule has 4 nitrogen and oxygen atoms in total. The first kappa shape index (κ1) is 10.9. The highest BCUT2D eigenvalue weighted by Gasteiger charge is 2.23. The summed E-state index contributed by atoms with van der Waals surface area (Å²) < 4.78 is 5.31. The van der Waals surface area contributed by atoms with E-state index in [1.165, 1.54) is 12.8 Å². The van der Waals surface area contributed by atoms with E-state index in [1.807, 2.05) is 0 Å². The Hall–Kier alpha value is -0.610. The Bertz CT molecular complexity index is 209. The Morgan fingerprint density at radius 1 is 1.40 bits per heavy atom. The van der Waals surface area contributed by atoms with Crippen molar-refractivity contribution >= 4 is 5.91 Å². The number of hydrogen-bond acceptors (Lipinski definition) is 3. The maximum Gasteiger partial charge on any atom is 0.249 e. The highest BCUT2D eigenvalue weighted by molar-refractivity contribution is 5.80. The Balaban J connectivity index is 1.58. The van der Waals surface area contributed by atoms with Crippen LogP contribution in [-0.4, -0.2) is 37.7 Å². The largest absolute Gasteiger partial charge is 0.368 e. The summed E-state index contributed by atoms with van der Waals surface area (Å²) in [5.74, 6) is 0.0745. The lowest BCUT2D eigenvalue weighted by atomic mass is 10.1. The van der Waals surface area contributed by atoms with Crippen molar-refractivity contribution in [3.05, 3.63) is 0 Å². The van der Waals surface area contributed by atoms with Crippen molar-refractivity contribution in [2.45, 2.75) is 44.2 Å². The van der Waals surface area contributed by atoms with Crippen molar-refractivity contribution in [2.75, 3.05) is 19.7 Å². The minimum absolute atomic E-state index is 0.0745. The Labute approximate surface area is 90.8 Å². The zero-order valence-corrected chi connectivity index (χ0v) is 9.13. The van der Waals surface area contributed by atoms with Crippen molar-refractivity contribution in [1.29, 1.82) is 0 Å². The molecule has 0 bridgehead atoms. The second-order valence-corrected chi connectivity index (χ2v) is 4.37. The van der Waals surface area contributed by atoms with Crippen LogP contribution in [-0.2, 0) is 9.53 Å². The number of amides is 1. The van der Waals surface area contributed by atoms with Crippen LogP contribution in [0.15, 0.2) is 0 Å². The summed E-state index contributed by atoms with van der Waals surface area (Å²) in [4.78, 5) is 11.6. The molecule has 0 aliphatic carbocycles. The average Bonchev–Trinajstić information content (AvgIpc) is 2.90. The van der Waals surface area contributed by atoms with Crippen molar-refractivity contribution in [3.8, 4) is 0 Å². The Morgan fingerprint density at radius 2 is 2.33 bits per heavy atom. The van der Waals surface area contributed by atoms with Crippen LogP contribution >= 0.6 is 0 Å². The summed E-state index contributed by atoms with van der Waals surface area (Å²) in [7, 11) is 0. The van der Waals surface area contributed by atoms with E-state index in [0.717, 1.165) is 39.0 Å². The van der Waals surface area contributed by atoms with Gasteiger partial charge in [-0.05, 0) is 38.6 Å². The molecule has 1 unspecified atom stereocenters. The Kier molecular flexibility index (Phi) is 3.97. The highest BCUT2D eigenvalue weighted by atomic mass is 16.5. The zero-order valence-electron chi connectivity index (χ0n) is 9.13. The maximum absolute atomic E-state index is 11.6. The highest BCUT2D eigenvalue weighted by Crippen LogP contribution is 2.12. The molecule has 15 heavy (non-hydrogen) atoms. The molecule has 2 fully saturated rings. The topological polar surface area (TPSA) is 50.4 Å². The molecule has 0 spiro atoms. The van der Waals surface area contributed by atoms with Crippen molar-refractivity contribution < 1.29 is 9.53 Å². The molecule has 2 aliphatic heterocycles. The minimum Gasteiger partial charge on any atom is -0.368 e. The smallest absolute Gasteiger partial charge is 0.249 e. The van der Waals surface area contributed by atoms with Crippen LogP contribution in [0.4, 0.5) is 0 Å². The summed E-state index contributed by atoms with van der Waals surface area (Å²) >= 11 is 0. The molecule has 2 N–H and O–H groups in total. The van der Waals surface area contributed by atoms with Crippen LogP contribution in [0.1, 0.15) is 32.1 Å². The van der Waals surface area contributed by atoms with E-state index >= 15 is 0 Å². The van der Waals surface area contributed by atoms with E-state index in [1.54, 1.807) is 0 Å². The molecule has 2 aliphatic rings. The van der Waals surface area contributed by atoms with Gasteiger partial charge in [-0.25, -0.2) is 0 Å². The third kappa shape index (κ3) is 3.18. The van der Waals surface area contributed by atoms with E-state index in [0.29, 0.717) is 6.04 Å². The standard InChI is InChI=1S/C11H20N2O2/c14-11(10-4-2-8-15-10)13-7-5-9-3-1-6-12-9/h9-10,12H,1-8H2,(H,13,14)/t9?,10-/m1/s1. The molecule has 2 saturated heterocycles. The normalized spacial score (nSPS) is 30.7. The number of carbonyl (C=O) groups is 1.